The Bertz CT molecular complexity index is 1250. The van der Waals surface area contributed by atoms with Gasteiger partial charge in [-0.2, -0.15) is 0 Å². The summed E-state index contributed by atoms with van der Waals surface area (Å²) in [5, 5.41) is 3.90. The highest BCUT2D eigenvalue weighted by atomic mass is 16.2. The average Bonchev–Trinajstić information content (AvgIpc) is 3.02. The van der Waals surface area contributed by atoms with Crippen molar-refractivity contribution < 1.29 is 9.59 Å². The summed E-state index contributed by atoms with van der Waals surface area (Å²) in [5.74, 6) is 0.0473. The Morgan fingerprint density at radius 1 is 0.971 bits per heavy atom. The van der Waals surface area contributed by atoms with Gasteiger partial charge in [0.25, 0.3) is 5.91 Å². The smallest absolute Gasteiger partial charge is 0.254 e. The number of aromatic nitrogens is 1. The number of carbonyl (C=O) groups is 2. The molecule has 0 saturated carbocycles. The first kappa shape index (κ1) is 24.9. The number of pyridine rings is 1. The van der Waals surface area contributed by atoms with E-state index in [1.54, 1.807) is 0 Å². The molecule has 1 saturated heterocycles. The molecule has 1 aromatic heterocycles. The molecule has 1 fully saturated rings. The Morgan fingerprint density at radius 3 is 2.49 bits per heavy atom. The molecular formula is C29H36N4O2. The minimum Gasteiger partial charge on any atom is -0.350 e. The number of rotatable bonds is 4. The highest BCUT2D eigenvalue weighted by Crippen LogP contribution is 2.28. The summed E-state index contributed by atoms with van der Waals surface area (Å²) in [6.45, 7) is 13.2. The number of hydrogen-bond acceptors (Lipinski definition) is 4. The molecule has 1 aliphatic heterocycles. The fraction of sp³-hybridized carbons (Fsp3) is 0.414. The summed E-state index contributed by atoms with van der Waals surface area (Å²) in [6, 6.07) is 16.1. The number of nitrogens with one attached hydrogen (secondary N) is 1. The van der Waals surface area contributed by atoms with Gasteiger partial charge >= 0.3 is 0 Å². The van der Waals surface area contributed by atoms with Crippen LogP contribution in [0.3, 0.4) is 0 Å². The number of nitrogens with zero attached hydrogens (tertiary/aromatic N) is 3. The lowest BCUT2D eigenvalue weighted by Gasteiger charge is -2.25. The second kappa shape index (κ2) is 10.2. The van der Waals surface area contributed by atoms with Crippen LogP contribution in [0, 0.1) is 13.8 Å². The predicted molar refractivity (Wildman–Crippen MR) is 142 cm³/mol. The standard InChI is InChI=1S/C29H36N4O2/c1-20-11-12-22(21(2)17-20)26-18-24(23-9-6-7-10-25(23)30-26)28(35)33-14-8-13-32(15-16-33)19-27(34)31-29(3,4)5/h6-7,9-12,17-18H,8,13-16,19H2,1-5H3,(H,31,34). The molecule has 0 atom stereocenters. The molecule has 1 aliphatic rings. The van der Waals surface area contributed by atoms with Crippen molar-refractivity contribution in [1.29, 1.82) is 0 Å². The molecule has 4 rings (SSSR count). The topological polar surface area (TPSA) is 65.5 Å². The Morgan fingerprint density at radius 2 is 1.74 bits per heavy atom. The number of aryl methyl sites for hydroxylation is 2. The minimum absolute atomic E-state index is 0.0236. The lowest BCUT2D eigenvalue weighted by molar-refractivity contribution is -0.123. The molecular weight excluding hydrogens is 436 g/mol. The van der Waals surface area contributed by atoms with E-state index in [0.29, 0.717) is 31.7 Å². The second-order valence-corrected chi connectivity index (χ2v) is 10.6. The van der Waals surface area contributed by atoms with Crippen molar-refractivity contribution >= 4 is 22.7 Å². The highest BCUT2D eigenvalue weighted by Gasteiger charge is 2.24. The highest BCUT2D eigenvalue weighted by molar-refractivity contribution is 6.07. The summed E-state index contributed by atoms with van der Waals surface area (Å²) in [6.07, 6.45) is 0.835. The van der Waals surface area contributed by atoms with E-state index >= 15 is 0 Å². The molecule has 0 spiro atoms. The SMILES string of the molecule is Cc1ccc(-c2cc(C(=O)N3CCCN(CC(=O)NC(C)(C)C)CC3)c3ccccc3n2)c(C)c1. The molecule has 6 heteroatoms. The van der Waals surface area contributed by atoms with E-state index in [-0.39, 0.29) is 17.4 Å². The number of fused-ring (bicyclic) bond motifs is 1. The number of amides is 2. The maximum absolute atomic E-state index is 13.8. The summed E-state index contributed by atoms with van der Waals surface area (Å²) in [5.41, 5.74) is 5.47. The van der Waals surface area contributed by atoms with Crippen molar-refractivity contribution in [2.24, 2.45) is 0 Å². The Kier molecular flexibility index (Phi) is 7.22. The van der Waals surface area contributed by atoms with Gasteiger partial charge in [0.2, 0.25) is 5.91 Å². The molecule has 184 valence electrons. The van der Waals surface area contributed by atoms with Crippen LogP contribution in [-0.4, -0.2) is 64.9 Å². The van der Waals surface area contributed by atoms with Crippen LogP contribution in [-0.2, 0) is 4.79 Å². The molecule has 35 heavy (non-hydrogen) atoms. The second-order valence-electron chi connectivity index (χ2n) is 10.6. The van der Waals surface area contributed by atoms with E-state index in [0.717, 1.165) is 40.7 Å². The summed E-state index contributed by atoms with van der Waals surface area (Å²) >= 11 is 0. The van der Waals surface area contributed by atoms with Crippen molar-refractivity contribution in [2.75, 3.05) is 32.7 Å². The zero-order chi connectivity index (χ0) is 25.2. The predicted octanol–water partition coefficient (Wildman–Crippen LogP) is 4.58. The van der Waals surface area contributed by atoms with Gasteiger partial charge in [0.15, 0.2) is 0 Å². The normalized spacial score (nSPS) is 15.2. The molecule has 1 N–H and O–H groups in total. The van der Waals surface area contributed by atoms with E-state index in [1.165, 1.54) is 5.56 Å². The van der Waals surface area contributed by atoms with Crippen LogP contribution in [0.4, 0.5) is 0 Å². The number of carbonyl (C=O) groups excluding carboxylic acids is 2. The molecule has 0 aliphatic carbocycles. The number of hydrogen-bond donors (Lipinski definition) is 1. The summed E-state index contributed by atoms with van der Waals surface area (Å²) in [7, 11) is 0. The fourth-order valence-corrected chi connectivity index (χ4v) is 4.75. The molecule has 2 aromatic carbocycles. The van der Waals surface area contributed by atoms with E-state index < -0.39 is 0 Å². The molecule has 0 bridgehead atoms. The third-order valence-electron chi connectivity index (χ3n) is 6.36. The van der Waals surface area contributed by atoms with Crippen molar-refractivity contribution in [3.05, 3.63) is 65.2 Å². The third-order valence-corrected chi connectivity index (χ3v) is 6.36. The first-order valence-electron chi connectivity index (χ1n) is 12.4. The van der Waals surface area contributed by atoms with Crippen molar-refractivity contribution in [3.8, 4) is 11.3 Å². The Hall–Kier alpha value is -3.25. The first-order chi connectivity index (χ1) is 16.6. The van der Waals surface area contributed by atoms with Gasteiger partial charge in [-0.1, -0.05) is 42.0 Å². The molecule has 0 unspecified atom stereocenters. The minimum atomic E-state index is -0.249. The third kappa shape index (κ3) is 6.06. The monoisotopic (exact) mass is 472 g/mol. The van der Waals surface area contributed by atoms with Crippen molar-refractivity contribution in [1.82, 2.24) is 20.1 Å². The van der Waals surface area contributed by atoms with Gasteiger partial charge in [-0.15, -0.1) is 0 Å². The van der Waals surface area contributed by atoms with Crippen LogP contribution in [0.1, 0.15) is 48.7 Å². The quantitative estimate of drug-likeness (QED) is 0.604. The molecule has 6 nitrogen and oxygen atoms in total. The van der Waals surface area contributed by atoms with Crippen molar-refractivity contribution in [3.63, 3.8) is 0 Å². The van der Waals surface area contributed by atoms with Gasteiger partial charge in [-0.05, 0) is 58.7 Å². The van der Waals surface area contributed by atoms with Crippen LogP contribution >= 0.6 is 0 Å². The molecule has 2 heterocycles. The van der Waals surface area contributed by atoms with Gasteiger partial charge in [0, 0.05) is 42.7 Å². The van der Waals surface area contributed by atoms with Crippen LogP contribution in [0.15, 0.2) is 48.5 Å². The van der Waals surface area contributed by atoms with Gasteiger partial charge < -0.3 is 10.2 Å². The average molecular weight is 473 g/mol. The molecule has 0 radical (unpaired) electrons. The van der Waals surface area contributed by atoms with Crippen LogP contribution in [0.2, 0.25) is 0 Å². The number of para-hydroxylation sites is 1. The maximum Gasteiger partial charge on any atom is 0.254 e. The van der Waals surface area contributed by atoms with Crippen LogP contribution < -0.4 is 5.32 Å². The lowest BCUT2D eigenvalue weighted by atomic mass is 9.99. The molecule has 2 amide bonds. The van der Waals surface area contributed by atoms with Crippen molar-refractivity contribution in [2.45, 2.75) is 46.6 Å². The van der Waals surface area contributed by atoms with Crippen LogP contribution in [0.25, 0.3) is 22.2 Å². The van der Waals surface area contributed by atoms with E-state index in [4.69, 9.17) is 4.98 Å². The fourth-order valence-electron chi connectivity index (χ4n) is 4.75. The van der Waals surface area contributed by atoms with Gasteiger partial charge in [-0.3, -0.25) is 14.5 Å². The number of benzene rings is 2. The largest absolute Gasteiger partial charge is 0.350 e. The maximum atomic E-state index is 13.8. The van der Waals surface area contributed by atoms with Crippen LogP contribution in [0.5, 0.6) is 0 Å². The van der Waals surface area contributed by atoms with Gasteiger partial charge in [0.1, 0.15) is 0 Å². The summed E-state index contributed by atoms with van der Waals surface area (Å²) < 4.78 is 0. The Labute approximate surface area is 208 Å². The van der Waals surface area contributed by atoms with Gasteiger partial charge in [-0.25, -0.2) is 4.98 Å². The first-order valence-corrected chi connectivity index (χ1v) is 12.4. The van der Waals surface area contributed by atoms with Gasteiger partial charge in [0.05, 0.1) is 23.3 Å². The zero-order valence-corrected chi connectivity index (χ0v) is 21.5. The zero-order valence-electron chi connectivity index (χ0n) is 21.5. The Balaban J connectivity index is 1.58. The van der Waals surface area contributed by atoms with E-state index in [9.17, 15) is 9.59 Å². The summed E-state index contributed by atoms with van der Waals surface area (Å²) in [4.78, 5) is 35.2. The lowest BCUT2D eigenvalue weighted by Crippen LogP contribution is -2.46. The van der Waals surface area contributed by atoms with E-state index in [2.05, 4.69) is 42.3 Å². The van der Waals surface area contributed by atoms with E-state index in [1.807, 2.05) is 56.0 Å². The molecule has 3 aromatic rings.